The highest BCUT2D eigenvalue weighted by molar-refractivity contribution is 7.80. The number of thiol groups is 1. The van der Waals surface area contributed by atoms with Crippen LogP contribution < -0.4 is 21.7 Å². The molecule has 0 aliphatic carbocycles. The van der Waals surface area contributed by atoms with Crippen molar-refractivity contribution in [2.75, 3.05) is 5.75 Å². The number of aromatic amines is 1. The third kappa shape index (κ3) is 6.96. The summed E-state index contributed by atoms with van der Waals surface area (Å²) in [5, 5.41) is 17.9. The van der Waals surface area contributed by atoms with E-state index >= 15 is 0 Å². The van der Waals surface area contributed by atoms with Gasteiger partial charge in [0.25, 0.3) is 0 Å². The van der Waals surface area contributed by atoms with Gasteiger partial charge in [0.05, 0.1) is 6.04 Å². The summed E-state index contributed by atoms with van der Waals surface area (Å²) < 4.78 is 0. The van der Waals surface area contributed by atoms with Gasteiger partial charge in [-0.2, -0.15) is 12.6 Å². The normalized spacial score (nSPS) is 14.8. The first-order valence-corrected chi connectivity index (χ1v) is 11.2. The van der Waals surface area contributed by atoms with Crippen LogP contribution in [-0.4, -0.2) is 63.7 Å². The number of rotatable bonds is 11. The standard InChI is InChI=1S/C22H31N5O5S/c1-11(2)18(22(31)32)27-21(30)17(8-13-9-24-16-7-5-4-6-14(13)16)26-19(28)12(3)25-20(29)15(23)10-33/h4-7,9,11-12,15,17-18,24,33H,8,10,23H2,1-3H3,(H,25,29)(H,26,28)(H,27,30)(H,31,32). The summed E-state index contributed by atoms with van der Waals surface area (Å²) in [5.41, 5.74) is 7.27. The van der Waals surface area contributed by atoms with E-state index in [0.29, 0.717) is 0 Å². The fourth-order valence-corrected chi connectivity index (χ4v) is 3.43. The minimum absolute atomic E-state index is 0.109. The average molecular weight is 478 g/mol. The van der Waals surface area contributed by atoms with Crippen LogP contribution in [-0.2, 0) is 25.6 Å². The highest BCUT2D eigenvalue weighted by Crippen LogP contribution is 2.19. The highest BCUT2D eigenvalue weighted by Gasteiger charge is 2.30. The first-order valence-electron chi connectivity index (χ1n) is 10.6. The molecule has 0 bridgehead atoms. The number of hydrogen-bond donors (Lipinski definition) is 7. The quantitative estimate of drug-likeness (QED) is 0.228. The Labute approximate surface area is 197 Å². The molecular formula is C22H31N5O5S. The van der Waals surface area contributed by atoms with Gasteiger partial charge in [0, 0.05) is 29.3 Å². The summed E-state index contributed by atoms with van der Waals surface area (Å²) in [6.45, 7) is 4.82. The molecule has 4 atom stereocenters. The second-order valence-electron chi connectivity index (χ2n) is 8.21. The van der Waals surface area contributed by atoms with Gasteiger partial charge in [-0.15, -0.1) is 0 Å². The summed E-state index contributed by atoms with van der Waals surface area (Å²) in [4.78, 5) is 52.5. The van der Waals surface area contributed by atoms with Crippen LogP contribution in [0.15, 0.2) is 30.5 Å². The number of carboxylic acids is 1. The zero-order valence-electron chi connectivity index (χ0n) is 18.8. The minimum Gasteiger partial charge on any atom is -0.480 e. The summed E-state index contributed by atoms with van der Waals surface area (Å²) >= 11 is 3.96. The second-order valence-corrected chi connectivity index (χ2v) is 8.58. The van der Waals surface area contributed by atoms with Crippen molar-refractivity contribution in [2.24, 2.45) is 11.7 Å². The van der Waals surface area contributed by atoms with Crippen LogP contribution in [0.3, 0.4) is 0 Å². The lowest BCUT2D eigenvalue weighted by Gasteiger charge is -2.25. The van der Waals surface area contributed by atoms with Crippen molar-refractivity contribution in [3.05, 3.63) is 36.0 Å². The second kappa shape index (κ2) is 11.7. The third-order valence-electron chi connectivity index (χ3n) is 5.25. The van der Waals surface area contributed by atoms with Crippen LogP contribution >= 0.6 is 12.6 Å². The van der Waals surface area contributed by atoms with Crippen molar-refractivity contribution in [3.63, 3.8) is 0 Å². The summed E-state index contributed by atoms with van der Waals surface area (Å²) in [7, 11) is 0. The predicted octanol–water partition coefficient (Wildman–Crippen LogP) is 0.182. The first-order chi connectivity index (χ1) is 15.5. The van der Waals surface area contributed by atoms with E-state index in [4.69, 9.17) is 5.73 Å². The molecule has 4 unspecified atom stereocenters. The van der Waals surface area contributed by atoms with E-state index in [1.807, 2.05) is 24.3 Å². The lowest BCUT2D eigenvalue weighted by atomic mass is 10.0. The van der Waals surface area contributed by atoms with Gasteiger partial charge in [-0.3, -0.25) is 14.4 Å². The number of aromatic nitrogens is 1. The molecule has 0 aliphatic heterocycles. The Bertz CT molecular complexity index is 1010. The number of fused-ring (bicyclic) bond motifs is 1. The van der Waals surface area contributed by atoms with E-state index in [-0.39, 0.29) is 18.1 Å². The topological polar surface area (TPSA) is 166 Å². The molecular weight excluding hydrogens is 446 g/mol. The molecule has 2 rings (SSSR count). The monoisotopic (exact) mass is 477 g/mol. The van der Waals surface area contributed by atoms with Gasteiger partial charge >= 0.3 is 5.97 Å². The molecule has 1 heterocycles. The van der Waals surface area contributed by atoms with Crippen LogP contribution in [0.4, 0.5) is 0 Å². The van der Waals surface area contributed by atoms with Gasteiger partial charge in [-0.1, -0.05) is 32.0 Å². The summed E-state index contributed by atoms with van der Waals surface area (Å²) in [6.07, 6.45) is 1.86. The number of carbonyl (C=O) groups is 4. The van der Waals surface area contributed by atoms with Gasteiger partial charge in [-0.25, -0.2) is 4.79 Å². The maximum absolute atomic E-state index is 13.0. The number of carbonyl (C=O) groups excluding carboxylic acids is 3. The molecule has 0 saturated heterocycles. The SMILES string of the molecule is CC(NC(=O)C(N)CS)C(=O)NC(Cc1c[nH]c2ccccc12)C(=O)NC(C(=O)O)C(C)C. The van der Waals surface area contributed by atoms with Gasteiger partial charge < -0.3 is 31.8 Å². The Balaban J connectivity index is 2.24. The van der Waals surface area contributed by atoms with E-state index in [1.165, 1.54) is 6.92 Å². The predicted molar refractivity (Wildman–Crippen MR) is 128 cm³/mol. The molecule has 3 amide bonds. The van der Waals surface area contributed by atoms with Crippen molar-refractivity contribution in [1.29, 1.82) is 0 Å². The molecule has 1 aromatic heterocycles. The maximum Gasteiger partial charge on any atom is 0.326 e. The lowest BCUT2D eigenvalue weighted by Crippen LogP contribution is -2.57. The smallest absolute Gasteiger partial charge is 0.326 e. The molecule has 0 radical (unpaired) electrons. The highest BCUT2D eigenvalue weighted by atomic mass is 32.1. The number of nitrogens with two attached hydrogens (primary N) is 1. The molecule has 180 valence electrons. The maximum atomic E-state index is 13.0. The molecule has 0 spiro atoms. The van der Waals surface area contributed by atoms with Crippen LogP contribution in [0.1, 0.15) is 26.3 Å². The Morgan fingerprint density at radius 2 is 1.70 bits per heavy atom. The molecule has 2 aromatic rings. The first kappa shape index (κ1) is 26.2. The molecule has 10 nitrogen and oxygen atoms in total. The van der Waals surface area contributed by atoms with E-state index in [1.54, 1.807) is 20.0 Å². The van der Waals surface area contributed by atoms with Gasteiger partial charge in [-0.05, 0) is 24.5 Å². The number of nitrogens with one attached hydrogen (secondary N) is 4. The van der Waals surface area contributed by atoms with E-state index < -0.39 is 47.9 Å². The number of carboxylic acid groups (broad SMARTS) is 1. The number of para-hydroxylation sites is 1. The Morgan fingerprint density at radius 3 is 2.30 bits per heavy atom. The molecule has 0 aliphatic rings. The van der Waals surface area contributed by atoms with Gasteiger partial charge in [0.2, 0.25) is 17.7 Å². The zero-order valence-corrected chi connectivity index (χ0v) is 19.7. The fourth-order valence-electron chi connectivity index (χ4n) is 3.26. The van der Waals surface area contributed by atoms with E-state index in [9.17, 15) is 24.3 Å². The Hall–Kier alpha value is -3.05. The molecule has 11 heteroatoms. The fraction of sp³-hybridized carbons (Fsp3) is 0.455. The Morgan fingerprint density at radius 1 is 1.03 bits per heavy atom. The Kier molecular flexibility index (Phi) is 9.30. The number of H-pyrrole nitrogens is 1. The number of aliphatic carboxylic acids is 1. The van der Waals surface area contributed by atoms with Gasteiger partial charge in [0.15, 0.2) is 0 Å². The van der Waals surface area contributed by atoms with Crippen molar-refractivity contribution >= 4 is 47.2 Å². The molecule has 0 saturated carbocycles. The average Bonchev–Trinajstić information content (AvgIpc) is 3.18. The lowest BCUT2D eigenvalue weighted by molar-refractivity contribution is -0.143. The van der Waals surface area contributed by atoms with Crippen LogP contribution in [0.5, 0.6) is 0 Å². The number of benzene rings is 1. The molecule has 0 fully saturated rings. The van der Waals surface area contributed by atoms with Crippen molar-refractivity contribution in [3.8, 4) is 0 Å². The van der Waals surface area contributed by atoms with Crippen molar-refractivity contribution in [1.82, 2.24) is 20.9 Å². The molecule has 1 aromatic carbocycles. The van der Waals surface area contributed by atoms with Crippen LogP contribution in [0.2, 0.25) is 0 Å². The summed E-state index contributed by atoms with van der Waals surface area (Å²) in [5.74, 6) is -3.21. The molecule has 7 N–H and O–H groups in total. The summed E-state index contributed by atoms with van der Waals surface area (Å²) in [6, 6.07) is 3.45. The number of amides is 3. The minimum atomic E-state index is -1.17. The van der Waals surface area contributed by atoms with Gasteiger partial charge in [0.1, 0.15) is 18.1 Å². The van der Waals surface area contributed by atoms with Crippen molar-refractivity contribution < 1.29 is 24.3 Å². The van der Waals surface area contributed by atoms with E-state index in [0.717, 1.165) is 16.5 Å². The largest absolute Gasteiger partial charge is 0.480 e. The molecule has 33 heavy (non-hydrogen) atoms. The van der Waals surface area contributed by atoms with Crippen LogP contribution in [0, 0.1) is 5.92 Å². The van der Waals surface area contributed by atoms with Crippen LogP contribution in [0.25, 0.3) is 10.9 Å². The number of hydrogen-bond acceptors (Lipinski definition) is 6. The van der Waals surface area contributed by atoms with Crippen molar-refractivity contribution in [2.45, 2.75) is 51.4 Å². The zero-order chi connectivity index (χ0) is 24.7. The third-order valence-corrected chi connectivity index (χ3v) is 5.64. The van der Waals surface area contributed by atoms with E-state index in [2.05, 4.69) is 33.6 Å².